The van der Waals surface area contributed by atoms with Gasteiger partial charge in [-0.2, -0.15) is 0 Å². The van der Waals surface area contributed by atoms with Crippen LogP contribution in [0.4, 0.5) is 4.79 Å². The molecule has 1 atom stereocenters. The van der Waals surface area contributed by atoms with E-state index in [4.69, 9.17) is 9.15 Å². The minimum atomic E-state index is -0.438. The second kappa shape index (κ2) is 5.22. The van der Waals surface area contributed by atoms with E-state index in [2.05, 4.69) is 4.98 Å². The molecule has 0 spiro atoms. The topological polar surface area (TPSA) is 55.6 Å². The molecule has 18 heavy (non-hydrogen) atoms. The highest BCUT2D eigenvalue weighted by molar-refractivity contribution is 7.99. The smallest absolute Gasteiger partial charge is 0.410 e. The Kier molecular flexibility index (Phi) is 3.85. The molecule has 0 aliphatic carbocycles. The molecule has 0 saturated carbocycles. The maximum atomic E-state index is 11.9. The van der Waals surface area contributed by atoms with Gasteiger partial charge in [-0.25, -0.2) is 9.78 Å². The first-order valence-corrected chi connectivity index (χ1v) is 6.96. The number of carbonyl (C=O) groups is 1. The third-order valence-electron chi connectivity index (χ3n) is 2.58. The normalized spacial score (nSPS) is 19.5. The maximum Gasteiger partial charge on any atom is 0.410 e. The fraction of sp³-hybridized carbons (Fsp3) is 0.667. The summed E-state index contributed by atoms with van der Waals surface area (Å²) in [5.74, 6) is 0.791. The lowest BCUT2D eigenvalue weighted by molar-refractivity contribution is -0.000959. The van der Waals surface area contributed by atoms with Crippen LogP contribution in [0.25, 0.3) is 0 Å². The summed E-state index contributed by atoms with van der Waals surface area (Å²) in [4.78, 5) is 17.7. The predicted molar refractivity (Wildman–Crippen MR) is 68.6 cm³/mol. The van der Waals surface area contributed by atoms with Gasteiger partial charge in [-0.3, -0.25) is 0 Å². The second-order valence-corrected chi connectivity index (χ2v) is 6.20. The lowest BCUT2D eigenvalue weighted by Gasteiger charge is -2.41. The van der Waals surface area contributed by atoms with Crippen molar-refractivity contribution in [2.75, 3.05) is 12.3 Å². The predicted octanol–water partition coefficient (Wildman–Crippen LogP) is 2.78. The molecular formula is C12H18N2O3S. The molecule has 0 N–H and O–H groups in total. The van der Waals surface area contributed by atoms with E-state index in [9.17, 15) is 4.79 Å². The number of aromatic nitrogens is 1. The largest absolute Gasteiger partial charge is 0.444 e. The number of ether oxygens (including phenoxy) is 1. The molecule has 1 amide bonds. The number of hydrogen-bond donors (Lipinski definition) is 0. The average Bonchev–Trinajstić information content (AvgIpc) is 2.65. The first kappa shape index (κ1) is 13.3. The van der Waals surface area contributed by atoms with Crippen LogP contribution < -0.4 is 0 Å². The Hall–Kier alpha value is -1.17. The van der Waals surface area contributed by atoms with E-state index in [1.807, 2.05) is 20.8 Å². The van der Waals surface area contributed by atoms with Gasteiger partial charge in [0.15, 0.2) is 0 Å². The number of likely N-dealkylation sites (tertiary alicyclic amines) is 1. The molecule has 1 aliphatic heterocycles. The quantitative estimate of drug-likeness (QED) is 0.790. The summed E-state index contributed by atoms with van der Waals surface area (Å²) < 4.78 is 10.5. The van der Waals surface area contributed by atoms with Gasteiger partial charge < -0.3 is 14.1 Å². The lowest BCUT2D eigenvalue weighted by atomic mass is 10.1. The fourth-order valence-electron chi connectivity index (χ4n) is 1.62. The van der Waals surface area contributed by atoms with Crippen molar-refractivity contribution >= 4 is 17.9 Å². The molecule has 1 unspecified atom stereocenters. The summed E-state index contributed by atoms with van der Waals surface area (Å²) in [6.45, 7) is 6.40. The van der Waals surface area contributed by atoms with E-state index in [1.165, 1.54) is 11.8 Å². The van der Waals surface area contributed by atoms with Crippen molar-refractivity contribution in [2.45, 2.75) is 44.1 Å². The van der Waals surface area contributed by atoms with E-state index in [0.29, 0.717) is 5.22 Å². The highest BCUT2D eigenvalue weighted by Crippen LogP contribution is 2.26. The van der Waals surface area contributed by atoms with Crippen molar-refractivity contribution in [2.24, 2.45) is 0 Å². The Morgan fingerprint density at radius 2 is 2.44 bits per heavy atom. The Bertz CT molecular complexity index is 400. The van der Waals surface area contributed by atoms with Crippen LogP contribution in [-0.2, 0) is 4.74 Å². The zero-order valence-corrected chi connectivity index (χ0v) is 11.7. The van der Waals surface area contributed by atoms with E-state index in [-0.39, 0.29) is 12.1 Å². The van der Waals surface area contributed by atoms with Crippen LogP contribution in [0, 0.1) is 0 Å². The highest BCUT2D eigenvalue weighted by atomic mass is 32.2. The standard InChI is InChI=1S/C12H18N2O3S/c1-12(2,3)17-11(15)14-6-4-9(14)8-18-10-13-5-7-16-10/h5,7,9H,4,6,8H2,1-3H3. The van der Waals surface area contributed by atoms with Crippen LogP contribution in [0.15, 0.2) is 22.1 Å². The van der Waals surface area contributed by atoms with Gasteiger partial charge in [-0.1, -0.05) is 11.8 Å². The maximum absolute atomic E-state index is 11.9. The summed E-state index contributed by atoms with van der Waals surface area (Å²) in [7, 11) is 0. The van der Waals surface area contributed by atoms with Crippen LogP contribution in [0.1, 0.15) is 27.2 Å². The van der Waals surface area contributed by atoms with E-state index < -0.39 is 5.60 Å². The van der Waals surface area contributed by atoms with E-state index >= 15 is 0 Å². The van der Waals surface area contributed by atoms with Crippen molar-refractivity contribution in [3.8, 4) is 0 Å². The van der Waals surface area contributed by atoms with Gasteiger partial charge >= 0.3 is 6.09 Å². The Morgan fingerprint density at radius 1 is 1.67 bits per heavy atom. The molecule has 1 aliphatic rings. The van der Waals surface area contributed by atoms with Crippen molar-refractivity contribution in [1.29, 1.82) is 0 Å². The van der Waals surface area contributed by atoms with Crippen molar-refractivity contribution in [3.05, 3.63) is 12.5 Å². The summed E-state index contributed by atoms with van der Waals surface area (Å²) in [5.41, 5.74) is -0.438. The van der Waals surface area contributed by atoms with Gasteiger partial charge in [-0.15, -0.1) is 0 Å². The number of carbonyl (C=O) groups excluding carboxylic acids is 1. The molecule has 6 heteroatoms. The molecule has 0 aromatic carbocycles. The van der Waals surface area contributed by atoms with Crippen LogP contribution in [-0.4, -0.2) is 39.9 Å². The van der Waals surface area contributed by atoms with Crippen LogP contribution in [0.5, 0.6) is 0 Å². The van der Waals surface area contributed by atoms with Gasteiger partial charge in [0.25, 0.3) is 5.22 Å². The van der Waals surface area contributed by atoms with E-state index in [1.54, 1.807) is 17.4 Å². The SMILES string of the molecule is CC(C)(C)OC(=O)N1CCC1CSc1ncco1. The minimum Gasteiger partial charge on any atom is -0.444 e. The molecule has 1 saturated heterocycles. The summed E-state index contributed by atoms with van der Waals surface area (Å²) in [6, 6.07) is 0.219. The van der Waals surface area contributed by atoms with Gasteiger partial charge in [0.05, 0.1) is 6.20 Å². The monoisotopic (exact) mass is 270 g/mol. The Balaban J connectivity index is 1.79. The number of amides is 1. The van der Waals surface area contributed by atoms with Crippen molar-refractivity contribution in [3.63, 3.8) is 0 Å². The number of thioether (sulfide) groups is 1. The Morgan fingerprint density at radius 3 is 2.94 bits per heavy atom. The van der Waals surface area contributed by atoms with Crippen molar-refractivity contribution < 1.29 is 13.9 Å². The molecule has 1 aromatic heterocycles. The third-order valence-corrected chi connectivity index (χ3v) is 3.58. The number of nitrogens with zero attached hydrogens (tertiary/aromatic N) is 2. The fourth-order valence-corrected chi connectivity index (χ4v) is 2.56. The highest BCUT2D eigenvalue weighted by Gasteiger charge is 2.35. The summed E-state index contributed by atoms with van der Waals surface area (Å²) >= 11 is 1.52. The summed E-state index contributed by atoms with van der Waals surface area (Å²) in [6.07, 6.45) is 3.95. The van der Waals surface area contributed by atoms with Crippen molar-refractivity contribution in [1.82, 2.24) is 9.88 Å². The van der Waals surface area contributed by atoms with E-state index in [0.717, 1.165) is 18.7 Å². The molecule has 1 fully saturated rings. The number of rotatable bonds is 3. The van der Waals surface area contributed by atoms with Gasteiger partial charge in [0.2, 0.25) is 0 Å². The number of oxazole rings is 1. The number of hydrogen-bond acceptors (Lipinski definition) is 5. The third kappa shape index (κ3) is 3.41. The second-order valence-electron chi connectivity index (χ2n) is 5.23. The van der Waals surface area contributed by atoms with Gasteiger partial charge in [0.1, 0.15) is 11.9 Å². The molecule has 5 nitrogen and oxygen atoms in total. The summed E-state index contributed by atoms with van der Waals surface area (Å²) in [5, 5.41) is 0.644. The Labute approximate surface area is 111 Å². The van der Waals surface area contributed by atoms with Crippen LogP contribution in [0.3, 0.4) is 0 Å². The molecule has 2 heterocycles. The van der Waals surface area contributed by atoms with Gasteiger partial charge in [0, 0.05) is 18.3 Å². The van der Waals surface area contributed by atoms with Crippen LogP contribution >= 0.6 is 11.8 Å². The molecule has 0 radical (unpaired) electrons. The zero-order valence-electron chi connectivity index (χ0n) is 10.9. The molecule has 1 aromatic rings. The first-order valence-electron chi connectivity index (χ1n) is 5.97. The molecule has 100 valence electrons. The first-order chi connectivity index (χ1) is 8.46. The van der Waals surface area contributed by atoms with Crippen LogP contribution in [0.2, 0.25) is 0 Å². The molecular weight excluding hydrogens is 252 g/mol. The minimum absolute atomic E-state index is 0.219. The zero-order chi connectivity index (χ0) is 13.2. The average molecular weight is 270 g/mol. The molecule has 2 rings (SSSR count). The van der Waals surface area contributed by atoms with Gasteiger partial charge in [-0.05, 0) is 27.2 Å². The lowest BCUT2D eigenvalue weighted by Crippen LogP contribution is -2.53. The molecule has 0 bridgehead atoms.